The maximum absolute atomic E-state index is 11.4. The van der Waals surface area contributed by atoms with Crippen LogP contribution in [0.1, 0.15) is 39.5 Å². The Morgan fingerprint density at radius 3 is 1.21 bits per heavy atom. The Kier molecular flexibility index (Phi) is 22.1. The molecule has 0 bridgehead atoms. The second-order valence-electron chi connectivity index (χ2n) is 11.7. The van der Waals surface area contributed by atoms with Crippen LogP contribution in [0.25, 0.3) is 0 Å². The molecular weight excluding hydrogens is 672 g/mol. The number of ether oxygens (including phenoxy) is 10. The van der Waals surface area contributed by atoms with Gasteiger partial charge in [-0.2, -0.15) is 0 Å². The third kappa shape index (κ3) is 21.1. The standard InChI is InChI=1S/C40H54O12/c1-33(41)51-39(31-49-35-14-5-3-6-15-35)29-45-22-11-9-20-43-24-26-47-37-18-13-19-38(28-37)48-27-25-44-21-10-12-23-46-30-40(52-34(2)42)32-50-36-16-7-4-8-17-36/h3-8,13-19,28,39-40H,9-12,20-27,29-32H2,1-2H3. The maximum atomic E-state index is 11.4. The van der Waals surface area contributed by atoms with Crippen molar-refractivity contribution in [2.45, 2.75) is 51.7 Å². The quantitative estimate of drug-likeness (QED) is 0.0583. The van der Waals surface area contributed by atoms with Gasteiger partial charge in [0.1, 0.15) is 49.4 Å². The van der Waals surface area contributed by atoms with Crippen molar-refractivity contribution in [1.29, 1.82) is 0 Å². The topological polar surface area (TPSA) is 126 Å². The minimum Gasteiger partial charge on any atom is -0.491 e. The van der Waals surface area contributed by atoms with Crippen LogP contribution in [0.5, 0.6) is 23.0 Å². The summed E-state index contributed by atoms with van der Waals surface area (Å²) in [6, 6.07) is 26.2. The smallest absolute Gasteiger partial charge is 0.303 e. The molecule has 0 aromatic heterocycles. The van der Waals surface area contributed by atoms with Crippen LogP contribution >= 0.6 is 0 Å². The third-order valence-electron chi connectivity index (χ3n) is 7.08. The van der Waals surface area contributed by atoms with Crippen LogP contribution < -0.4 is 18.9 Å². The molecule has 0 saturated heterocycles. The number of carbonyl (C=O) groups is 2. The van der Waals surface area contributed by atoms with Crippen molar-refractivity contribution < 1.29 is 57.0 Å². The fourth-order valence-corrected chi connectivity index (χ4v) is 4.65. The highest BCUT2D eigenvalue weighted by atomic mass is 16.6. The molecular formula is C40H54O12. The van der Waals surface area contributed by atoms with Crippen molar-refractivity contribution in [3.05, 3.63) is 84.9 Å². The van der Waals surface area contributed by atoms with Gasteiger partial charge in [-0.3, -0.25) is 9.59 Å². The van der Waals surface area contributed by atoms with Gasteiger partial charge in [-0.05, 0) is 62.1 Å². The second-order valence-corrected chi connectivity index (χ2v) is 11.7. The Morgan fingerprint density at radius 1 is 0.423 bits per heavy atom. The fourth-order valence-electron chi connectivity index (χ4n) is 4.65. The summed E-state index contributed by atoms with van der Waals surface area (Å²) >= 11 is 0. The fraction of sp³-hybridized carbons (Fsp3) is 0.500. The van der Waals surface area contributed by atoms with E-state index in [2.05, 4.69) is 0 Å². The largest absolute Gasteiger partial charge is 0.491 e. The molecule has 3 rings (SSSR count). The Balaban J connectivity index is 1.13. The summed E-state index contributed by atoms with van der Waals surface area (Å²) in [4.78, 5) is 22.8. The van der Waals surface area contributed by atoms with Crippen molar-refractivity contribution in [2.24, 2.45) is 0 Å². The number of carbonyl (C=O) groups excluding carboxylic acids is 2. The SMILES string of the molecule is CC(=O)OC(COCCCCOCCOc1cccc(OCCOCCCCOCC(COc2ccccc2)OC(C)=O)c1)COc1ccccc1. The number of unbranched alkanes of at least 4 members (excludes halogenated alkanes) is 2. The van der Waals surface area contributed by atoms with Gasteiger partial charge in [0.25, 0.3) is 0 Å². The molecule has 0 fully saturated rings. The zero-order valence-corrected chi connectivity index (χ0v) is 30.5. The maximum Gasteiger partial charge on any atom is 0.303 e. The summed E-state index contributed by atoms with van der Waals surface area (Å²) in [7, 11) is 0. The lowest BCUT2D eigenvalue weighted by Gasteiger charge is -2.18. The Hall–Kier alpha value is -4.36. The predicted molar refractivity (Wildman–Crippen MR) is 194 cm³/mol. The first-order valence-electron chi connectivity index (χ1n) is 17.8. The molecule has 3 aromatic carbocycles. The minimum atomic E-state index is -0.472. The van der Waals surface area contributed by atoms with E-state index in [0.29, 0.717) is 75.9 Å². The molecule has 2 atom stereocenters. The first kappa shape index (κ1) is 42.1. The van der Waals surface area contributed by atoms with E-state index in [1.807, 2.05) is 84.9 Å². The molecule has 0 spiro atoms. The molecule has 3 aromatic rings. The number of rotatable bonds is 30. The van der Waals surface area contributed by atoms with Crippen molar-refractivity contribution in [3.63, 3.8) is 0 Å². The Labute approximate surface area is 307 Å². The highest BCUT2D eigenvalue weighted by Gasteiger charge is 2.15. The highest BCUT2D eigenvalue weighted by molar-refractivity contribution is 5.66. The van der Waals surface area contributed by atoms with Gasteiger partial charge < -0.3 is 47.4 Å². The summed E-state index contributed by atoms with van der Waals surface area (Å²) in [5, 5.41) is 0. The zero-order valence-electron chi connectivity index (χ0n) is 30.5. The van der Waals surface area contributed by atoms with Gasteiger partial charge in [0.05, 0.1) is 26.4 Å². The minimum absolute atomic E-state index is 0.227. The van der Waals surface area contributed by atoms with Crippen molar-refractivity contribution >= 4 is 11.9 Å². The monoisotopic (exact) mass is 726 g/mol. The molecule has 52 heavy (non-hydrogen) atoms. The van der Waals surface area contributed by atoms with Crippen LogP contribution in [0.15, 0.2) is 84.9 Å². The van der Waals surface area contributed by atoms with Gasteiger partial charge in [0, 0.05) is 46.3 Å². The highest BCUT2D eigenvalue weighted by Crippen LogP contribution is 2.19. The Morgan fingerprint density at radius 2 is 0.808 bits per heavy atom. The summed E-state index contributed by atoms with van der Waals surface area (Å²) in [5.74, 6) is 2.10. The first-order valence-corrected chi connectivity index (χ1v) is 17.8. The lowest BCUT2D eigenvalue weighted by Crippen LogP contribution is -2.29. The first-order chi connectivity index (χ1) is 25.5. The summed E-state index contributed by atoms with van der Waals surface area (Å²) in [6.45, 7) is 7.75. The van der Waals surface area contributed by atoms with E-state index in [1.54, 1.807) is 0 Å². The van der Waals surface area contributed by atoms with E-state index in [9.17, 15) is 9.59 Å². The summed E-state index contributed by atoms with van der Waals surface area (Å²) in [6.07, 6.45) is 2.36. The Bertz CT molecular complexity index is 1240. The van der Waals surface area contributed by atoms with Crippen molar-refractivity contribution in [3.8, 4) is 23.0 Å². The average molecular weight is 727 g/mol. The zero-order chi connectivity index (χ0) is 36.9. The number of hydrogen-bond donors (Lipinski definition) is 0. The van der Waals surface area contributed by atoms with E-state index in [0.717, 1.165) is 25.7 Å². The van der Waals surface area contributed by atoms with Gasteiger partial charge in [0.15, 0.2) is 12.2 Å². The van der Waals surface area contributed by atoms with Crippen LogP contribution in [0, 0.1) is 0 Å². The summed E-state index contributed by atoms with van der Waals surface area (Å²) < 4.78 is 56.4. The molecule has 12 heteroatoms. The van der Waals surface area contributed by atoms with Crippen molar-refractivity contribution in [2.75, 3.05) is 79.3 Å². The van der Waals surface area contributed by atoms with E-state index >= 15 is 0 Å². The lowest BCUT2D eigenvalue weighted by molar-refractivity contribution is -0.152. The second kappa shape index (κ2) is 27.3. The van der Waals surface area contributed by atoms with Crippen LogP contribution in [-0.2, 0) is 38.0 Å². The molecule has 0 aliphatic heterocycles. The van der Waals surface area contributed by atoms with Gasteiger partial charge >= 0.3 is 11.9 Å². The van der Waals surface area contributed by atoms with Gasteiger partial charge in [-0.15, -0.1) is 0 Å². The number of benzene rings is 3. The van der Waals surface area contributed by atoms with Crippen LogP contribution in [0.2, 0.25) is 0 Å². The van der Waals surface area contributed by atoms with Crippen LogP contribution in [-0.4, -0.2) is 103 Å². The molecule has 12 nitrogen and oxygen atoms in total. The van der Waals surface area contributed by atoms with Gasteiger partial charge in [-0.25, -0.2) is 0 Å². The predicted octanol–water partition coefficient (Wildman–Crippen LogP) is 6.09. The molecule has 2 unspecified atom stereocenters. The molecule has 286 valence electrons. The molecule has 0 heterocycles. The van der Waals surface area contributed by atoms with E-state index < -0.39 is 12.2 Å². The molecule has 0 amide bonds. The van der Waals surface area contributed by atoms with Crippen molar-refractivity contribution in [1.82, 2.24) is 0 Å². The third-order valence-corrected chi connectivity index (χ3v) is 7.08. The van der Waals surface area contributed by atoms with Crippen LogP contribution in [0.3, 0.4) is 0 Å². The molecule has 0 saturated carbocycles. The number of esters is 2. The van der Waals surface area contributed by atoms with Gasteiger partial charge in [0.2, 0.25) is 0 Å². The summed E-state index contributed by atoms with van der Waals surface area (Å²) in [5.41, 5.74) is 0. The van der Waals surface area contributed by atoms with Gasteiger partial charge in [-0.1, -0.05) is 42.5 Å². The average Bonchev–Trinajstić information content (AvgIpc) is 3.14. The normalized spacial score (nSPS) is 12.0. The number of para-hydroxylation sites is 2. The number of hydrogen-bond acceptors (Lipinski definition) is 12. The molecule has 0 aliphatic carbocycles. The van der Waals surface area contributed by atoms with E-state index in [4.69, 9.17) is 47.4 Å². The molecule has 0 radical (unpaired) electrons. The lowest BCUT2D eigenvalue weighted by atomic mass is 10.3. The van der Waals surface area contributed by atoms with E-state index in [-0.39, 0.29) is 38.4 Å². The van der Waals surface area contributed by atoms with E-state index in [1.165, 1.54) is 13.8 Å². The molecule has 0 aliphatic rings. The molecule has 0 N–H and O–H groups in total. The van der Waals surface area contributed by atoms with Crippen LogP contribution in [0.4, 0.5) is 0 Å².